The van der Waals surface area contributed by atoms with Crippen molar-refractivity contribution in [3.8, 4) is 0 Å². The van der Waals surface area contributed by atoms with E-state index in [1.165, 1.54) is 0 Å². The van der Waals surface area contributed by atoms with E-state index in [1.54, 1.807) is 0 Å². The Morgan fingerprint density at radius 2 is 0.531 bits per heavy atom. The van der Waals surface area contributed by atoms with Crippen molar-refractivity contribution in [2.45, 2.75) is 3.43 Å². The van der Waals surface area contributed by atoms with Gasteiger partial charge in [0.1, 0.15) is 0 Å². The molecule has 32 heavy (non-hydrogen) atoms. The molecule has 0 aromatic heterocycles. The third kappa shape index (κ3) is 3.42. The van der Waals surface area contributed by atoms with Gasteiger partial charge in [0.15, 0.2) is 0 Å². The molecule has 0 aliphatic heterocycles. The quantitative estimate of drug-likeness (QED) is 0.166. The van der Waals surface area contributed by atoms with Crippen molar-refractivity contribution in [2.24, 2.45) is 0 Å². The Morgan fingerprint density at radius 3 is 0.688 bits per heavy atom. The Balaban J connectivity index is 2.72. The van der Waals surface area contributed by atoms with Crippen molar-refractivity contribution < 1.29 is 52.7 Å². The molecule has 168 valence electrons. The van der Waals surface area contributed by atoms with E-state index in [-0.39, 0.29) is 18.2 Å². The third-order valence-electron chi connectivity index (χ3n) is 4.52. The number of halogens is 12. The molecule has 3 aromatic rings. The molecule has 3 rings (SSSR count). The van der Waals surface area contributed by atoms with Crippen molar-refractivity contribution in [1.29, 1.82) is 0 Å². The van der Waals surface area contributed by atoms with Gasteiger partial charge >= 0.3 is 183 Å². The molecule has 0 saturated heterocycles. The fraction of sp³-hybridized carbons (Fsp3) is 0.0526. The molecule has 0 aliphatic carbocycles. The van der Waals surface area contributed by atoms with E-state index >= 15 is 0 Å². The maximum atomic E-state index is 14.6. The average molecular weight is 579 g/mol. The second-order valence-corrected chi connectivity index (χ2v) is 8.81. The fourth-order valence-corrected chi connectivity index (χ4v) is 5.30. The average Bonchev–Trinajstić information content (AvgIpc) is 2.70. The first-order chi connectivity index (χ1) is 14.7. The van der Waals surface area contributed by atoms with Gasteiger partial charge in [0, 0.05) is 0 Å². The summed E-state index contributed by atoms with van der Waals surface area (Å²) >= 11 is -1.33. The zero-order chi connectivity index (χ0) is 24.3. The Hall–Kier alpha value is -2.38. The molecule has 0 spiro atoms. The van der Waals surface area contributed by atoms with Crippen LogP contribution in [0.2, 0.25) is 0 Å². The zero-order valence-electron chi connectivity index (χ0n) is 14.8. The van der Waals surface area contributed by atoms with Gasteiger partial charge in [-0.2, -0.15) is 0 Å². The van der Waals surface area contributed by atoms with Gasteiger partial charge in [-0.25, -0.2) is 0 Å². The summed E-state index contributed by atoms with van der Waals surface area (Å²) in [6.45, 7) is 0. The van der Waals surface area contributed by atoms with Crippen molar-refractivity contribution in [1.82, 2.24) is 0 Å². The number of benzene rings is 3. The van der Waals surface area contributed by atoms with Crippen molar-refractivity contribution in [2.75, 3.05) is 0 Å². The van der Waals surface area contributed by atoms with E-state index in [0.717, 1.165) is 0 Å². The monoisotopic (exact) mass is 580 g/mol. The first-order valence-electron chi connectivity index (χ1n) is 8.04. The molecule has 0 fully saturated rings. The summed E-state index contributed by atoms with van der Waals surface area (Å²) in [6.07, 6.45) is 0. The Kier molecular flexibility index (Phi) is 6.21. The van der Waals surface area contributed by atoms with Gasteiger partial charge in [-0.15, -0.1) is 0 Å². The zero-order valence-corrected chi connectivity index (χ0v) is 18.1. The summed E-state index contributed by atoms with van der Waals surface area (Å²) in [4.78, 5) is 0. The molecule has 0 saturated carbocycles. The van der Waals surface area contributed by atoms with Crippen molar-refractivity contribution in [3.63, 3.8) is 0 Å². The van der Waals surface area contributed by atoms with Crippen molar-refractivity contribution >= 4 is 22.5 Å². The van der Waals surface area contributed by atoms with Gasteiger partial charge in [-0.3, -0.25) is 0 Å². The molecular formula is C19H4F12Sn. The normalized spacial score (nSPS) is 11.9. The van der Waals surface area contributed by atoms with Crippen LogP contribution in [0.3, 0.4) is 0 Å². The summed E-state index contributed by atoms with van der Waals surface area (Å²) in [5.74, 6) is -28.4. The predicted molar refractivity (Wildman–Crippen MR) is 85.9 cm³/mol. The van der Waals surface area contributed by atoms with Gasteiger partial charge < -0.3 is 0 Å². The van der Waals surface area contributed by atoms with Crippen LogP contribution in [-0.4, -0.2) is 22.5 Å². The maximum absolute atomic E-state index is 14.6. The molecule has 0 nitrogen and oxygen atoms in total. The molecule has 0 aliphatic rings. The first-order valence-corrected chi connectivity index (χ1v) is 9.69. The molecule has 0 N–H and O–H groups in total. The molecule has 0 bridgehead atoms. The Labute approximate surface area is 183 Å². The van der Waals surface area contributed by atoms with Gasteiger partial charge in [-0.1, -0.05) is 0 Å². The molecule has 0 amide bonds. The van der Waals surface area contributed by atoms with Crippen LogP contribution in [0.15, 0.2) is 18.2 Å². The number of hydrogen-bond donors (Lipinski definition) is 0. The summed E-state index contributed by atoms with van der Waals surface area (Å²) in [5, 5.41) is 0. The third-order valence-corrected chi connectivity index (χ3v) is 6.99. The molecule has 13 heteroatoms. The Bertz CT molecular complexity index is 1040. The summed E-state index contributed by atoms with van der Waals surface area (Å²) in [6, 6.07) is -1.15. The van der Waals surface area contributed by atoms with Gasteiger partial charge in [0.2, 0.25) is 0 Å². The van der Waals surface area contributed by atoms with Crippen LogP contribution in [0.4, 0.5) is 52.7 Å². The van der Waals surface area contributed by atoms with Crippen molar-refractivity contribution in [3.05, 3.63) is 105 Å². The topological polar surface area (TPSA) is 0 Å². The molecule has 0 unspecified atom stereocenters. The van der Waals surface area contributed by atoms with E-state index in [0.29, 0.717) is 0 Å². The minimum atomic E-state index is -3.80. The fourth-order valence-electron chi connectivity index (χ4n) is 3.13. The summed E-state index contributed by atoms with van der Waals surface area (Å²) in [7, 11) is 0. The summed E-state index contributed by atoms with van der Waals surface area (Å²) < 4.78 is 167. The van der Waals surface area contributed by atoms with Crippen LogP contribution in [0.25, 0.3) is 0 Å². The van der Waals surface area contributed by atoms with E-state index in [2.05, 4.69) is 0 Å². The number of hydrogen-bond acceptors (Lipinski definition) is 0. The molecular weight excluding hydrogens is 575 g/mol. The van der Waals surface area contributed by atoms with E-state index in [9.17, 15) is 52.7 Å². The molecule has 2 radical (unpaired) electrons. The summed E-state index contributed by atoms with van der Waals surface area (Å²) in [5.41, 5.74) is -6.49. The van der Waals surface area contributed by atoms with Crippen LogP contribution in [-0.2, 0) is 3.43 Å². The molecule has 3 aromatic carbocycles. The van der Waals surface area contributed by atoms with E-state index < -0.39 is 112 Å². The van der Waals surface area contributed by atoms with E-state index in [4.69, 9.17) is 0 Å². The van der Waals surface area contributed by atoms with Crippen LogP contribution in [0.1, 0.15) is 16.7 Å². The minimum absolute atomic E-state index is 0.382. The second-order valence-electron chi connectivity index (χ2n) is 6.34. The second kappa shape index (κ2) is 8.19. The Morgan fingerprint density at radius 1 is 0.375 bits per heavy atom. The van der Waals surface area contributed by atoms with Crippen LogP contribution >= 0.6 is 0 Å². The van der Waals surface area contributed by atoms with Crippen LogP contribution < -0.4 is 0 Å². The van der Waals surface area contributed by atoms with E-state index in [1.807, 2.05) is 0 Å². The van der Waals surface area contributed by atoms with Gasteiger partial charge in [0.25, 0.3) is 0 Å². The first kappa shape index (κ1) is 24.3. The molecule has 0 atom stereocenters. The van der Waals surface area contributed by atoms with Gasteiger partial charge in [0.05, 0.1) is 0 Å². The molecule has 0 heterocycles. The number of rotatable bonds is 3. The van der Waals surface area contributed by atoms with Crippen LogP contribution in [0, 0.1) is 69.8 Å². The van der Waals surface area contributed by atoms with Gasteiger partial charge in [-0.05, 0) is 0 Å². The SMILES string of the molecule is Fc1cc(F)c(F)c([C]([SnH])(c2c(F)c(F)cc(F)c2F)c2c(F)c(F)cc(F)c2F)c1F. The van der Waals surface area contributed by atoms with Crippen LogP contribution in [0.5, 0.6) is 0 Å². The standard InChI is InChI=1S/C19H3F12.Sn.H/c20-4-1-5(21)15(27)11(14(4)26)10(12-16(28)6(22)2-7(23)17(12)29)13-18(30)8(24)3-9(25)19(13)31;;/h1-3H;;. The predicted octanol–water partition coefficient (Wildman–Crippen LogP) is 5.55.